The smallest absolute Gasteiger partial charge is 0.0991 e. The molecule has 0 radical (unpaired) electrons. The molecular weight excluding hydrogens is 306 g/mol. The lowest BCUT2D eigenvalue weighted by Crippen LogP contribution is -2.13. The number of thiophene rings is 1. The summed E-state index contributed by atoms with van der Waals surface area (Å²) < 4.78 is 1.06. The van der Waals surface area contributed by atoms with Crippen LogP contribution in [0.4, 0.5) is 5.69 Å². The molecule has 0 fully saturated rings. The number of anilines is 1. The fourth-order valence-electron chi connectivity index (χ4n) is 3.15. The number of aromatic nitrogens is 1. The molecule has 1 aliphatic heterocycles. The highest BCUT2D eigenvalue weighted by molar-refractivity contribution is 7.19. The first kappa shape index (κ1) is 14.2. The van der Waals surface area contributed by atoms with Crippen molar-refractivity contribution in [3.05, 3.63) is 46.5 Å². The van der Waals surface area contributed by atoms with E-state index in [1.165, 1.54) is 5.56 Å². The summed E-state index contributed by atoms with van der Waals surface area (Å²) in [6.07, 6.45) is 3.87. The van der Waals surface area contributed by atoms with Gasteiger partial charge in [-0.25, -0.2) is 0 Å². The third kappa shape index (κ3) is 2.37. The first-order chi connectivity index (χ1) is 11.3. The average Bonchev–Trinajstić information content (AvgIpc) is 3.04. The predicted octanol–water partition coefficient (Wildman–Crippen LogP) is 3.69. The number of rotatable bonds is 2. The first-order valence-corrected chi connectivity index (χ1v) is 8.41. The van der Waals surface area contributed by atoms with Gasteiger partial charge in [0.2, 0.25) is 0 Å². The Kier molecular flexibility index (Phi) is 3.49. The molecule has 4 rings (SSSR count). The van der Waals surface area contributed by atoms with Crippen molar-refractivity contribution in [2.75, 3.05) is 11.9 Å². The maximum absolute atomic E-state index is 9.40. The zero-order chi connectivity index (χ0) is 15.8. The van der Waals surface area contributed by atoms with Crippen LogP contribution in [0.3, 0.4) is 0 Å². The molecule has 2 N–H and O–H groups in total. The SMILES string of the molecule is N#Cc1cc2c(c(-c3ccnc4cc(CO)sc34)c1)NCCC2. The Morgan fingerprint density at radius 1 is 1.30 bits per heavy atom. The van der Waals surface area contributed by atoms with Gasteiger partial charge in [0, 0.05) is 34.4 Å². The molecule has 0 aliphatic carbocycles. The van der Waals surface area contributed by atoms with E-state index >= 15 is 0 Å². The summed E-state index contributed by atoms with van der Waals surface area (Å²) in [6, 6.07) is 10.1. The third-order valence-electron chi connectivity index (χ3n) is 4.18. The lowest BCUT2D eigenvalue weighted by molar-refractivity contribution is 0.285. The summed E-state index contributed by atoms with van der Waals surface area (Å²) in [6.45, 7) is 0.974. The second kappa shape index (κ2) is 5.65. The number of hydrogen-bond donors (Lipinski definition) is 2. The van der Waals surface area contributed by atoms with Gasteiger partial charge in [-0.3, -0.25) is 4.98 Å². The van der Waals surface area contributed by atoms with Crippen LogP contribution in [0.1, 0.15) is 22.4 Å². The Morgan fingerprint density at radius 2 is 2.22 bits per heavy atom. The summed E-state index contributed by atoms with van der Waals surface area (Å²) in [4.78, 5) is 5.31. The Bertz CT molecular complexity index is 939. The molecule has 0 unspecified atom stereocenters. The number of aliphatic hydroxyl groups excluding tert-OH is 1. The number of nitrogens with zero attached hydrogens (tertiary/aromatic N) is 2. The average molecular weight is 321 g/mol. The molecule has 0 saturated carbocycles. The topological polar surface area (TPSA) is 68.9 Å². The summed E-state index contributed by atoms with van der Waals surface area (Å²) in [5.41, 5.74) is 6.03. The maximum Gasteiger partial charge on any atom is 0.0991 e. The van der Waals surface area contributed by atoms with Gasteiger partial charge in [-0.1, -0.05) is 0 Å². The van der Waals surface area contributed by atoms with Crippen molar-refractivity contribution in [1.29, 1.82) is 5.26 Å². The molecule has 23 heavy (non-hydrogen) atoms. The monoisotopic (exact) mass is 321 g/mol. The van der Waals surface area contributed by atoms with Crippen molar-refractivity contribution in [3.8, 4) is 17.2 Å². The Morgan fingerprint density at radius 3 is 3.04 bits per heavy atom. The minimum absolute atomic E-state index is 0.0229. The Balaban J connectivity index is 2.01. The van der Waals surface area contributed by atoms with Crippen LogP contribution in [0.25, 0.3) is 21.3 Å². The van der Waals surface area contributed by atoms with Crippen LogP contribution in [0, 0.1) is 11.3 Å². The molecule has 4 nitrogen and oxygen atoms in total. The van der Waals surface area contributed by atoms with Gasteiger partial charge in [-0.05, 0) is 42.7 Å². The Labute approximate surface area is 138 Å². The van der Waals surface area contributed by atoms with Crippen LogP contribution >= 0.6 is 11.3 Å². The van der Waals surface area contributed by atoms with Gasteiger partial charge >= 0.3 is 0 Å². The number of fused-ring (bicyclic) bond motifs is 2. The summed E-state index contributed by atoms with van der Waals surface area (Å²) in [5.74, 6) is 0. The first-order valence-electron chi connectivity index (χ1n) is 7.59. The second-order valence-corrected chi connectivity index (χ2v) is 6.78. The van der Waals surface area contributed by atoms with Gasteiger partial charge in [0.15, 0.2) is 0 Å². The minimum atomic E-state index is 0.0229. The van der Waals surface area contributed by atoms with Gasteiger partial charge in [0.1, 0.15) is 0 Å². The molecule has 2 aromatic heterocycles. The number of aryl methyl sites for hydroxylation is 1. The molecule has 114 valence electrons. The van der Waals surface area contributed by atoms with Crippen molar-refractivity contribution in [3.63, 3.8) is 0 Å². The van der Waals surface area contributed by atoms with E-state index in [4.69, 9.17) is 0 Å². The highest BCUT2D eigenvalue weighted by atomic mass is 32.1. The van der Waals surface area contributed by atoms with Crippen molar-refractivity contribution in [1.82, 2.24) is 4.98 Å². The fraction of sp³-hybridized carbons (Fsp3) is 0.222. The van der Waals surface area contributed by atoms with Crippen molar-refractivity contribution < 1.29 is 5.11 Å². The van der Waals surface area contributed by atoms with E-state index in [2.05, 4.69) is 16.4 Å². The van der Waals surface area contributed by atoms with Gasteiger partial charge in [-0.15, -0.1) is 11.3 Å². The summed E-state index contributed by atoms with van der Waals surface area (Å²) >= 11 is 1.56. The number of benzene rings is 1. The van der Waals surface area contributed by atoms with Crippen LogP contribution < -0.4 is 5.32 Å². The van der Waals surface area contributed by atoms with E-state index in [1.54, 1.807) is 17.5 Å². The summed E-state index contributed by atoms with van der Waals surface area (Å²) in [7, 11) is 0. The van der Waals surface area contributed by atoms with E-state index in [0.717, 1.165) is 51.3 Å². The number of hydrogen-bond acceptors (Lipinski definition) is 5. The van der Waals surface area contributed by atoms with Gasteiger partial charge in [0.05, 0.1) is 28.5 Å². The number of aliphatic hydroxyl groups is 1. The summed E-state index contributed by atoms with van der Waals surface area (Å²) in [5, 5.41) is 22.2. The molecule has 1 aliphatic rings. The molecule has 0 bridgehead atoms. The number of nitriles is 1. The van der Waals surface area contributed by atoms with Crippen LogP contribution in [-0.4, -0.2) is 16.6 Å². The fourth-order valence-corrected chi connectivity index (χ4v) is 4.16. The quantitative estimate of drug-likeness (QED) is 0.755. The van der Waals surface area contributed by atoms with E-state index in [9.17, 15) is 10.4 Å². The number of nitrogens with one attached hydrogen (secondary N) is 1. The van der Waals surface area contributed by atoms with Crippen molar-refractivity contribution in [2.45, 2.75) is 19.4 Å². The molecule has 5 heteroatoms. The molecule has 3 heterocycles. The van der Waals surface area contributed by atoms with Crippen LogP contribution in [0.5, 0.6) is 0 Å². The molecule has 0 atom stereocenters. The van der Waals surface area contributed by atoms with Gasteiger partial charge in [0.25, 0.3) is 0 Å². The lowest BCUT2D eigenvalue weighted by atomic mass is 9.93. The van der Waals surface area contributed by atoms with Crippen molar-refractivity contribution >= 4 is 27.2 Å². The second-order valence-electron chi connectivity index (χ2n) is 5.64. The van der Waals surface area contributed by atoms with E-state index < -0.39 is 0 Å². The number of pyridine rings is 1. The Hall–Kier alpha value is -2.42. The van der Waals surface area contributed by atoms with E-state index in [0.29, 0.717) is 5.56 Å². The lowest BCUT2D eigenvalue weighted by Gasteiger charge is -2.22. The van der Waals surface area contributed by atoms with Gasteiger partial charge < -0.3 is 10.4 Å². The zero-order valence-electron chi connectivity index (χ0n) is 12.5. The molecule has 0 saturated heterocycles. The molecule has 3 aromatic rings. The normalized spacial score (nSPS) is 13.4. The van der Waals surface area contributed by atoms with E-state index in [-0.39, 0.29) is 6.61 Å². The van der Waals surface area contributed by atoms with Crippen LogP contribution in [-0.2, 0) is 13.0 Å². The van der Waals surface area contributed by atoms with Crippen molar-refractivity contribution in [2.24, 2.45) is 0 Å². The predicted molar refractivity (Wildman–Crippen MR) is 92.5 cm³/mol. The van der Waals surface area contributed by atoms with Crippen LogP contribution in [0.15, 0.2) is 30.5 Å². The minimum Gasteiger partial charge on any atom is -0.391 e. The largest absolute Gasteiger partial charge is 0.391 e. The molecule has 0 amide bonds. The van der Waals surface area contributed by atoms with Crippen LogP contribution in [0.2, 0.25) is 0 Å². The standard InChI is InChI=1S/C18H15N3OS/c19-9-11-6-12-2-1-4-21-17(12)15(7-11)14-3-5-20-16-8-13(10-22)23-18(14)16/h3,5-8,21-22H,1-2,4,10H2. The zero-order valence-corrected chi connectivity index (χ0v) is 13.3. The molecule has 0 spiro atoms. The maximum atomic E-state index is 9.40. The molecule has 1 aromatic carbocycles. The van der Waals surface area contributed by atoms with Gasteiger partial charge in [-0.2, -0.15) is 5.26 Å². The molecular formula is C18H15N3OS. The highest BCUT2D eigenvalue weighted by Gasteiger charge is 2.18. The highest BCUT2D eigenvalue weighted by Crippen LogP contribution is 2.40. The van der Waals surface area contributed by atoms with E-state index in [1.807, 2.05) is 24.3 Å². The third-order valence-corrected chi connectivity index (χ3v) is 5.33.